The fourth-order valence-electron chi connectivity index (χ4n) is 6.17. The fraction of sp³-hybridized carbons (Fsp3) is 0.257. The number of carbonyl (C=O) groups is 2. The van der Waals surface area contributed by atoms with Crippen LogP contribution >= 0.6 is 0 Å². The Kier molecular flexibility index (Phi) is 7.51. The molecule has 2 aromatic heterocycles. The van der Waals surface area contributed by atoms with Crippen LogP contribution in [0.25, 0.3) is 11.2 Å². The minimum atomic E-state index is -0.637. The maximum atomic E-state index is 14.6. The molecule has 5 aromatic rings. The zero-order chi connectivity index (χ0) is 31.9. The summed E-state index contributed by atoms with van der Waals surface area (Å²) in [4.78, 5) is 38.2. The first-order valence-electron chi connectivity index (χ1n) is 15.1. The number of imidazole rings is 1. The van der Waals surface area contributed by atoms with Crippen molar-refractivity contribution in [2.45, 2.75) is 25.8 Å². The van der Waals surface area contributed by atoms with Gasteiger partial charge in [0.05, 0.1) is 30.9 Å². The lowest BCUT2D eigenvalue weighted by Crippen LogP contribution is -2.40. The van der Waals surface area contributed by atoms with Gasteiger partial charge in [0, 0.05) is 26.3 Å². The van der Waals surface area contributed by atoms with Crippen LogP contribution in [-0.2, 0) is 13.5 Å². The number of pyridine rings is 1. The van der Waals surface area contributed by atoms with Crippen LogP contribution in [0.3, 0.4) is 0 Å². The van der Waals surface area contributed by atoms with Crippen molar-refractivity contribution < 1.29 is 28.2 Å². The molecule has 46 heavy (non-hydrogen) atoms. The van der Waals surface area contributed by atoms with Gasteiger partial charge in [-0.3, -0.25) is 9.59 Å². The van der Waals surface area contributed by atoms with Crippen LogP contribution in [0.4, 0.5) is 4.39 Å². The number of nitrogens with one attached hydrogen (secondary N) is 1. The standard InChI is InChI=1S/C35H32FN5O5/c1-20-39-31-26(11-14-37-33(31)40(20)2)35(43)41-15-12-21-17-23-6-8-25(21)32(41)22-5-10-29(44-3)30(18-22)45-16-4-13-38-34(42)27-19-24(46-23)7-9-28(27)36/h5-11,14,17-19,32H,4,12-13,15-16H2,1-3H3,(H,38,42). The molecule has 0 aliphatic carbocycles. The third-order valence-corrected chi connectivity index (χ3v) is 8.60. The van der Waals surface area contributed by atoms with Gasteiger partial charge in [-0.25, -0.2) is 14.4 Å². The maximum absolute atomic E-state index is 14.6. The molecule has 0 saturated carbocycles. The molecule has 5 heterocycles. The summed E-state index contributed by atoms with van der Waals surface area (Å²) in [6.07, 6.45) is 2.68. The summed E-state index contributed by atoms with van der Waals surface area (Å²) < 4.78 is 34.3. The predicted molar refractivity (Wildman–Crippen MR) is 168 cm³/mol. The number of carbonyl (C=O) groups excluding carboxylic acids is 2. The van der Waals surface area contributed by atoms with Crippen LogP contribution in [0.1, 0.15) is 55.7 Å². The SMILES string of the molecule is COc1ccc2cc1OCCCNC(=O)c1cc(ccc1F)Oc1ccc3c(c1)CCN(C(=O)c1ccnc4c1nc(C)n4C)C23. The van der Waals surface area contributed by atoms with Gasteiger partial charge in [0.15, 0.2) is 17.1 Å². The molecule has 1 unspecified atom stereocenters. The number of nitrogens with zero attached hydrogens (tertiary/aromatic N) is 4. The van der Waals surface area contributed by atoms with Gasteiger partial charge in [-0.1, -0.05) is 12.1 Å². The van der Waals surface area contributed by atoms with E-state index in [4.69, 9.17) is 14.2 Å². The zero-order valence-electron chi connectivity index (χ0n) is 25.7. The molecule has 0 fully saturated rings. The van der Waals surface area contributed by atoms with E-state index >= 15 is 0 Å². The molecule has 0 radical (unpaired) electrons. The second kappa shape index (κ2) is 11.8. The molecular weight excluding hydrogens is 589 g/mol. The maximum Gasteiger partial charge on any atom is 0.257 e. The molecule has 1 N–H and O–H groups in total. The molecular formula is C35H32FN5O5. The van der Waals surface area contributed by atoms with Crippen LogP contribution in [0, 0.1) is 12.7 Å². The molecule has 3 aliphatic heterocycles. The second-order valence-corrected chi connectivity index (χ2v) is 11.4. The van der Waals surface area contributed by atoms with Crippen molar-refractivity contribution in [2.75, 3.05) is 26.8 Å². The predicted octanol–water partition coefficient (Wildman–Crippen LogP) is 5.52. The van der Waals surface area contributed by atoms with E-state index in [1.54, 1.807) is 19.4 Å². The number of aromatic nitrogens is 3. The van der Waals surface area contributed by atoms with Crippen molar-refractivity contribution in [2.24, 2.45) is 7.05 Å². The normalized spacial score (nSPS) is 16.2. The quantitative estimate of drug-likeness (QED) is 0.277. The number of halogens is 1. The summed E-state index contributed by atoms with van der Waals surface area (Å²) in [7, 11) is 3.45. The Labute approximate surface area is 264 Å². The monoisotopic (exact) mass is 621 g/mol. The van der Waals surface area contributed by atoms with Crippen LogP contribution in [-0.4, -0.2) is 58.1 Å². The van der Waals surface area contributed by atoms with E-state index < -0.39 is 17.8 Å². The number of rotatable bonds is 2. The summed E-state index contributed by atoms with van der Waals surface area (Å²) >= 11 is 0. The fourth-order valence-corrected chi connectivity index (χ4v) is 6.17. The molecule has 2 amide bonds. The molecule has 8 rings (SSSR count). The largest absolute Gasteiger partial charge is 0.493 e. The lowest BCUT2D eigenvalue weighted by molar-refractivity contribution is 0.0695. The van der Waals surface area contributed by atoms with Crippen LogP contribution in [0.5, 0.6) is 23.0 Å². The minimum Gasteiger partial charge on any atom is -0.493 e. The first kappa shape index (κ1) is 29.3. The van der Waals surface area contributed by atoms with Gasteiger partial charge in [0.25, 0.3) is 11.8 Å². The van der Waals surface area contributed by atoms with Crippen LogP contribution in [0.2, 0.25) is 0 Å². The van der Waals surface area contributed by atoms with Gasteiger partial charge in [0.1, 0.15) is 28.7 Å². The molecule has 11 heteroatoms. The Hall–Kier alpha value is -5.45. The summed E-state index contributed by atoms with van der Waals surface area (Å²) in [6, 6.07) is 16.8. The number of aryl methyl sites for hydroxylation is 2. The average molecular weight is 622 g/mol. The van der Waals surface area contributed by atoms with Gasteiger partial charge in [0.2, 0.25) is 0 Å². The molecule has 0 spiro atoms. The lowest BCUT2D eigenvalue weighted by atomic mass is 9.87. The summed E-state index contributed by atoms with van der Waals surface area (Å²) in [5.74, 6) is 1.37. The van der Waals surface area contributed by atoms with E-state index in [-0.39, 0.29) is 24.6 Å². The van der Waals surface area contributed by atoms with Crippen molar-refractivity contribution in [3.05, 3.63) is 106 Å². The van der Waals surface area contributed by atoms with E-state index in [0.29, 0.717) is 59.1 Å². The molecule has 3 aliphatic rings. The van der Waals surface area contributed by atoms with Gasteiger partial charge >= 0.3 is 0 Å². The smallest absolute Gasteiger partial charge is 0.257 e. The van der Waals surface area contributed by atoms with Gasteiger partial charge in [-0.2, -0.15) is 0 Å². The highest BCUT2D eigenvalue weighted by Gasteiger charge is 2.35. The van der Waals surface area contributed by atoms with Crippen molar-refractivity contribution >= 4 is 23.0 Å². The van der Waals surface area contributed by atoms with Gasteiger partial charge in [-0.05, 0) is 85.0 Å². The first-order valence-corrected chi connectivity index (χ1v) is 15.1. The Morgan fingerprint density at radius 2 is 1.91 bits per heavy atom. The van der Waals surface area contributed by atoms with Crippen molar-refractivity contribution in [3.63, 3.8) is 0 Å². The molecule has 3 aromatic carbocycles. The number of benzene rings is 3. The van der Waals surface area contributed by atoms with E-state index in [1.807, 2.05) is 59.8 Å². The molecule has 234 valence electrons. The number of fused-ring (bicyclic) bond motifs is 7. The number of methoxy groups -OCH3 is 1. The summed E-state index contributed by atoms with van der Waals surface area (Å²) in [6.45, 7) is 2.86. The molecule has 1 atom stereocenters. The van der Waals surface area contributed by atoms with E-state index in [2.05, 4.69) is 15.3 Å². The lowest BCUT2D eigenvalue weighted by Gasteiger charge is -2.38. The molecule has 0 saturated heterocycles. The second-order valence-electron chi connectivity index (χ2n) is 11.4. The third-order valence-electron chi connectivity index (χ3n) is 8.60. The van der Waals surface area contributed by atoms with Crippen molar-refractivity contribution in [1.29, 1.82) is 0 Å². The number of amides is 2. The Balaban J connectivity index is 1.35. The van der Waals surface area contributed by atoms with E-state index in [1.165, 1.54) is 18.2 Å². The highest BCUT2D eigenvalue weighted by Crippen LogP contribution is 2.41. The number of hydrogen-bond donors (Lipinski definition) is 1. The van der Waals surface area contributed by atoms with Crippen LogP contribution in [0.15, 0.2) is 66.9 Å². The Bertz CT molecular complexity index is 2010. The first-order chi connectivity index (χ1) is 22.3. The van der Waals surface area contributed by atoms with Crippen LogP contribution < -0.4 is 19.5 Å². The third kappa shape index (κ3) is 5.17. The van der Waals surface area contributed by atoms with Crippen molar-refractivity contribution in [3.8, 4) is 23.0 Å². The van der Waals surface area contributed by atoms with Gasteiger partial charge < -0.3 is 29.0 Å². The topological polar surface area (TPSA) is 108 Å². The average Bonchev–Trinajstić information content (AvgIpc) is 3.36. The van der Waals surface area contributed by atoms with E-state index in [9.17, 15) is 14.0 Å². The number of ether oxygens (including phenoxy) is 3. The van der Waals surface area contributed by atoms with E-state index in [0.717, 1.165) is 22.5 Å². The Morgan fingerprint density at radius 1 is 1.09 bits per heavy atom. The summed E-state index contributed by atoms with van der Waals surface area (Å²) in [5.41, 5.74) is 4.37. The Morgan fingerprint density at radius 3 is 2.76 bits per heavy atom. The molecule has 10 nitrogen and oxygen atoms in total. The summed E-state index contributed by atoms with van der Waals surface area (Å²) in [5, 5.41) is 2.75. The zero-order valence-corrected chi connectivity index (χ0v) is 25.7. The highest BCUT2D eigenvalue weighted by atomic mass is 19.1. The van der Waals surface area contributed by atoms with Gasteiger partial charge in [-0.15, -0.1) is 0 Å². The van der Waals surface area contributed by atoms with Crippen molar-refractivity contribution in [1.82, 2.24) is 24.8 Å². The molecule has 8 bridgehead atoms. The number of hydrogen-bond acceptors (Lipinski definition) is 7. The highest BCUT2D eigenvalue weighted by molar-refractivity contribution is 6.04. The minimum absolute atomic E-state index is 0.102.